The quantitative estimate of drug-likeness (QED) is 0.529. The zero-order valence-electron chi connectivity index (χ0n) is 8.30. The molecule has 0 atom stereocenters. The summed E-state index contributed by atoms with van der Waals surface area (Å²) >= 11 is 0. The van der Waals surface area contributed by atoms with Crippen molar-refractivity contribution in [1.29, 1.82) is 0 Å². The summed E-state index contributed by atoms with van der Waals surface area (Å²) in [5.74, 6) is -0.581. The SMILES string of the molecule is CC.CNC(=O)c1c[nH][nH]c(=O)c1=O. The largest absolute Gasteiger partial charge is 0.355 e. The van der Waals surface area contributed by atoms with Gasteiger partial charge in [-0.1, -0.05) is 13.8 Å². The molecule has 1 rings (SSSR count). The smallest absolute Gasteiger partial charge is 0.310 e. The topological polar surface area (TPSA) is 94.8 Å². The number of H-pyrrole nitrogens is 2. The molecule has 0 aromatic carbocycles. The first-order valence-electron chi connectivity index (χ1n) is 4.19. The van der Waals surface area contributed by atoms with Gasteiger partial charge in [0.25, 0.3) is 11.3 Å². The second kappa shape index (κ2) is 5.74. The molecular formula is C8H13N3O3. The maximum atomic E-state index is 10.9. The molecular weight excluding hydrogens is 186 g/mol. The van der Waals surface area contributed by atoms with Crippen LogP contribution in [0.15, 0.2) is 15.8 Å². The molecule has 6 heteroatoms. The highest BCUT2D eigenvalue weighted by Gasteiger charge is 2.09. The van der Waals surface area contributed by atoms with Crippen LogP contribution in [-0.4, -0.2) is 23.2 Å². The first-order chi connectivity index (χ1) is 6.66. The van der Waals surface area contributed by atoms with Crippen molar-refractivity contribution in [2.45, 2.75) is 13.8 Å². The molecule has 0 unspecified atom stereocenters. The molecule has 1 aromatic heterocycles. The molecule has 1 heterocycles. The van der Waals surface area contributed by atoms with Crippen LogP contribution in [0, 0.1) is 0 Å². The summed E-state index contributed by atoms with van der Waals surface area (Å²) in [6, 6.07) is 0. The molecule has 0 spiro atoms. The number of carbonyl (C=O) groups is 1. The van der Waals surface area contributed by atoms with Gasteiger partial charge in [0.1, 0.15) is 5.56 Å². The molecule has 3 N–H and O–H groups in total. The van der Waals surface area contributed by atoms with Gasteiger partial charge >= 0.3 is 5.56 Å². The fraction of sp³-hybridized carbons (Fsp3) is 0.375. The molecule has 0 aliphatic rings. The Morgan fingerprint density at radius 1 is 1.36 bits per heavy atom. The van der Waals surface area contributed by atoms with Crippen LogP contribution in [0.5, 0.6) is 0 Å². The van der Waals surface area contributed by atoms with Gasteiger partial charge < -0.3 is 10.4 Å². The number of amides is 1. The van der Waals surface area contributed by atoms with E-state index in [-0.39, 0.29) is 5.56 Å². The zero-order chi connectivity index (χ0) is 11.1. The lowest BCUT2D eigenvalue weighted by atomic mass is 10.3. The van der Waals surface area contributed by atoms with Crippen LogP contribution >= 0.6 is 0 Å². The second-order valence-corrected chi connectivity index (χ2v) is 2.06. The minimum Gasteiger partial charge on any atom is -0.355 e. The van der Waals surface area contributed by atoms with Gasteiger partial charge in [-0.05, 0) is 0 Å². The van der Waals surface area contributed by atoms with Crippen LogP contribution in [0.1, 0.15) is 24.2 Å². The van der Waals surface area contributed by atoms with Crippen molar-refractivity contribution in [2.24, 2.45) is 0 Å². The number of rotatable bonds is 1. The normalized spacial score (nSPS) is 8.50. The van der Waals surface area contributed by atoms with Crippen molar-refractivity contribution in [2.75, 3.05) is 7.05 Å². The Hall–Kier alpha value is -1.85. The average molecular weight is 199 g/mol. The van der Waals surface area contributed by atoms with Gasteiger partial charge in [0.15, 0.2) is 0 Å². The van der Waals surface area contributed by atoms with Gasteiger partial charge in [0.2, 0.25) is 0 Å². The number of aromatic nitrogens is 2. The van der Waals surface area contributed by atoms with Crippen molar-refractivity contribution in [3.05, 3.63) is 32.3 Å². The van der Waals surface area contributed by atoms with Gasteiger partial charge in [0.05, 0.1) is 0 Å². The van der Waals surface area contributed by atoms with Gasteiger partial charge in [-0.2, -0.15) is 0 Å². The molecule has 0 radical (unpaired) electrons. The Kier molecular flexibility index (Phi) is 4.98. The van der Waals surface area contributed by atoms with Crippen molar-refractivity contribution >= 4 is 5.91 Å². The monoisotopic (exact) mass is 199 g/mol. The summed E-state index contributed by atoms with van der Waals surface area (Å²) in [7, 11) is 1.38. The molecule has 0 fully saturated rings. The molecule has 1 amide bonds. The van der Waals surface area contributed by atoms with Crippen LogP contribution < -0.4 is 16.3 Å². The second-order valence-electron chi connectivity index (χ2n) is 2.06. The molecule has 0 aliphatic heterocycles. The van der Waals surface area contributed by atoms with E-state index in [2.05, 4.69) is 10.4 Å². The number of aromatic amines is 2. The summed E-state index contributed by atoms with van der Waals surface area (Å²) in [6.07, 6.45) is 1.14. The van der Waals surface area contributed by atoms with Crippen LogP contribution in [0.25, 0.3) is 0 Å². The van der Waals surface area contributed by atoms with Crippen LogP contribution in [-0.2, 0) is 0 Å². The zero-order valence-corrected chi connectivity index (χ0v) is 8.30. The van der Waals surface area contributed by atoms with Gasteiger partial charge in [-0.15, -0.1) is 0 Å². The van der Waals surface area contributed by atoms with E-state index in [4.69, 9.17) is 0 Å². The first kappa shape index (κ1) is 12.2. The molecule has 0 bridgehead atoms. The predicted molar refractivity (Wildman–Crippen MR) is 52.4 cm³/mol. The third-order valence-electron chi connectivity index (χ3n) is 1.32. The highest BCUT2D eigenvalue weighted by molar-refractivity contribution is 5.93. The third kappa shape index (κ3) is 2.58. The Bertz CT molecular complexity index is 405. The Balaban J connectivity index is 0.000000791. The third-order valence-corrected chi connectivity index (χ3v) is 1.32. The molecule has 1 aromatic rings. The number of hydrogen-bond donors (Lipinski definition) is 3. The maximum Gasteiger partial charge on any atom is 0.310 e. The molecule has 6 nitrogen and oxygen atoms in total. The number of nitrogens with one attached hydrogen (secondary N) is 3. The van der Waals surface area contributed by atoms with E-state index in [1.165, 1.54) is 7.05 Å². The molecule has 0 saturated carbocycles. The van der Waals surface area contributed by atoms with E-state index < -0.39 is 16.9 Å². The van der Waals surface area contributed by atoms with Crippen molar-refractivity contribution in [3.63, 3.8) is 0 Å². The highest BCUT2D eigenvalue weighted by atomic mass is 16.2. The summed E-state index contributed by atoms with van der Waals surface area (Å²) in [6.45, 7) is 4.00. The summed E-state index contributed by atoms with van der Waals surface area (Å²) in [5, 5.41) is 6.57. The van der Waals surface area contributed by atoms with Crippen LogP contribution in [0.4, 0.5) is 0 Å². The van der Waals surface area contributed by atoms with Gasteiger partial charge in [-0.25, -0.2) is 0 Å². The fourth-order valence-electron chi connectivity index (χ4n) is 0.722. The van der Waals surface area contributed by atoms with Crippen molar-refractivity contribution in [3.8, 4) is 0 Å². The van der Waals surface area contributed by atoms with E-state index in [0.717, 1.165) is 6.20 Å². The fourth-order valence-corrected chi connectivity index (χ4v) is 0.722. The molecule has 0 aliphatic carbocycles. The van der Waals surface area contributed by atoms with E-state index in [0.29, 0.717) is 0 Å². The van der Waals surface area contributed by atoms with Crippen molar-refractivity contribution in [1.82, 2.24) is 15.5 Å². The minimum atomic E-state index is -0.840. The van der Waals surface area contributed by atoms with Crippen molar-refractivity contribution < 1.29 is 4.79 Å². The number of hydrogen-bond acceptors (Lipinski definition) is 3. The molecule has 14 heavy (non-hydrogen) atoms. The van der Waals surface area contributed by atoms with E-state index in [9.17, 15) is 14.4 Å². The summed E-state index contributed by atoms with van der Waals surface area (Å²) < 4.78 is 0. The van der Waals surface area contributed by atoms with Gasteiger partial charge in [0, 0.05) is 13.2 Å². The van der Waals surface area contributed by atoms with E-state index in [1.54, 1.807) is 0 Å². The maximum absolute atomic E-state index is 10.9. The molecule has 0 saturated heterocycles. The average Bonchev–Trinajstić information content (AvgIpc) is 2.24. The van der Waals surface area contributed by atoms with Crippen LogP contribution in [0.3, 0.4) is 0 Å². The summed E-state index contributed by atoms with van der Waals surface area (Å²) in [5.41, 5.74) is -1.87. The first-order valence-corrected chi connectivity index (χ1v) is 4.19. The van der Waals surface area contributed by atoms with E-state index >= 15 is 0 Å². The molecule has 78 valence electrons. The lowest BCUT2D eigenvalue weighted by Crippen LogP contribution is -2.35. The lowest BCUT2D eigenvalue weighted by molar-refractivity contribution is 0.0961. The highest BCUT2D eigenvalue weighted by Crippen LogP contribution is 1.81. The summed E-state index contributed by atoms with van der Waals surface area (Å²) in [4.78, 5) is 32.5. The standard InChI is InChI=1S/C6H7N3O3.C2H6/c1-7-5(11)3-2-8-9-6(12)4(3)10;1-2/h2H,1H3,(H,7,11)(H,8,10)(H,9,12);1-2H3. The van der Waals surface area contributed by atoms with E-state index in [1.807, 2.05) is 18.9 Å². The lowest BCUT2D eigenvalue weighted by Gasteiger charge is -1.95. The predicted octanol–water partition coefficient (Wildman–Crippen LogP) is -0.551. The Morgan fingerprint density at radius 3 is 2.43 bits per heavy atom. The minimum absolute atomic E-state index is 0.193. The van der Waals surface area contributed by atoms with Gasteiger partial charge in [-0.3, -0.25) is 19.5 Å². The Labute approximate surface area is 80.3 Å². The number of carbonyl (C=O) groups excluding carboxylic acids is 1. The van der Waals surface area contributed by atoms with Crippen LogP contribution in [0.2, 0.25) is 0 Å². The Morgan fingerprint density at radius 2 is 1.93 bits per heavy atom.